The van der Waals surface area contributed by atoms with E-state index in [1.807, 2.05) is 31.2 Å². The number of pyridine rings is 2. The summed E-state index contributed by atoms with van der Waals surface area (Å²) in [6, 6.07) is 12.8. The molecule has 3 aromatic heterocycles. The number of thiazole rings is 1. The zero-order chi connectivity index (χ0) is 26.9. The summed E-state index contributed by atoms with van der Waals surface area (Å²) >= 11 is 7.43. The predicted molar refractivity (Wildman–Crippen MR) is 149 cm³/mol. The zero-order valence-corrected chi connectivity index (χ0v) is 22.4. The molecule has 3 heterocycles. The van der Waals surface area contributed by atoms with Crippen LogP contribution in [0.4, 0.5) is 0 Å². The fourth-order valence-corrected chi connectivity index (χ4v) is 5.11. The van der Waals surface area contributed by atoms with Gasteiger partial charge in [-0.15, -0.1) is 0 Å². The fraction of sp³-hybridized carbons (Fsp3) is 0.214. The van der Waals surface area contributed by atoms with Crippen LogP contribution in [0.25, 0.3) is 37.2 Å². The van der Waals surface area contributed by atoms with Crippen LogP contribution in [0.15, 0.2) is 65.8 Å². The topological polar surface area (TPSA) is 105 Å². The van der Waals surface area contributed by atoms with Crippen molar-refractivity contribution in [2.24, 2.45) is 0 Å². The van der Waals surface area contributed by atoms with E-state index in [0.717, 1.165) is 32.3 Å². The maximum Gasteiger partial charge on any atom is 0.307 e. The summed E-state index contributed by atoms with van der Waals surface area (Å²) in [7, 11) is 0. The minimum atomic E-state index is -0.911. The fourth-order valence-electron chi connectivity index (χ4n) is 3.86. The highest BCUT2D eigenvalue weighted by molar-refractivity contribution is 7.21. The lowest BCUT2D eigenvalue weighted by Gasteiger charge is -2.13. The summed E-state index contributed by atoms with van der Waals surface area (Å²) < 4.78 is 2.33. The van der Waals surface area contributed by atoms with Gasteiger partial charge in [0.15, 0.2) is 5.13 Å². The van der Waals surface area contributed by atoms with Crippen LogP contribution in [-0.4, -0.2) is 36.3 Å². The van der Waals surface area contributed by atoms with E-state index in [9.17, 15) is 14.7 Å². The molecule has 0 bridgehead atoms. The number of fused-ring (bicyclic) bond motifs is 2. The molecule has 0 aliphatic rings. The van der Waals surface area contributed by atoms with E-state index >= 15 is 0 Å². The Bertz CT molecular complexity index is 1660. The van der Waals surface area contributed by atoms with Crippen molar-refractivity contribution in [2.45, 2.75) is 39.7 Å². The first-order valence-electron chi connectivity index (χ1n) is 11.5. The Kier molecular flexibility index (Phi) is 7.45. The molecule has 2 N–H and O–H groups in total. The molecule has 9 heteroatoms. The number of carboxylic acids is 1. The molecule has 0 saturated heterocycles. The van der Waals surface area contributed by atoms with Gasteiger partial charge in [0.1, 0.15) is 0 Å². The number of halogens is 1. The van der Waals surface area contributed by atoms with Gasteiger partial charge < -0.3 is 10.2 Å². The van der Waals surface area contributed by atoms with E-state index in [1.54, 1.807) is 57.6 Å². The number of aromatic nitrogens is 3. The Balaban J connectivity index is 0.000000586. The third-order valence-electron chi connectivity index (χ3n) is 5.37. The minimum Gasteiger partial charge on any atom is -0.481 e. The van der Waals surface area contributed by atoms with Crippen LogP contribution in [0.2, 0.25) is 5.02 Å². The lowest BCUT2D eigenvalue weighted by Crippen LogP contribution is -2.17. The molecule has 5 aromatic rings. The molecule has 0 atom stereocenters. The lowest BCUT2D eigenvalue weighted by atomic mass is 9.93. The molecule has 0 unspecified atom stereocenters. The summed E-state index contributed by atoms with van der Waals surface area (Å²) in [4.78, 5) is 33.5. The molecule has 0 fully saturated rings. The summed E-state index contributed by atoms with van der Waals surface area (Å²) in [5, 5.41) is 20.5. The Morgan fingerprint density at radius 3 is 2.46 bits per heavy atom. The highest BCUT2D eigenvalue weighted by Crippen LogP contribution is 2.39. The Hall–Kier alpha value is -3.59. The number of benzene rings is 2. The van der Waals surface area contributed by atoms with Crippen molar-refractivity contribution in [1.29, 1.82) is 0 Å². The summed E-state index contributed by atoms with van der Waals surface area (Å²) in [5.74, 6) is -0.911. The predicted octanol–water partition coefficient (Wildman–Crippen LogP) is 6.03. The first-order chi connectivity index (χ1) is 17.4. The van der Waals surface area contributed by atoms with E-state index in [0.29, 0.717) is 21.1 Å². The Labute approximate surface area is 222 Å². The number of aliphatic carboxylic acids is 1. The zero-order valence-electron chi connectivity index (χ0n) is 20.8. The molecular formula is C28H26ClN3O4S. The maximum absolute atomic E-state index is 13.1. The van der Waals surface area contributed by atoms with Gasteiger partial charge in [0, 0.05) is 29.2 Å². The Morgan fingerprint density at radius 1 is 1.14 bits per heavy atom. The van der Waals surface area contributed by atoms with Crippen molar-refractivity contribution in [1.82, 2.24) is 14.5 Å². The number of carboxylic acid groups (broad SMARTS) is 1. The molecule has 7 nitrogen and oxygen atoms in total. The smallest absolute Gasteiger partial charge is 0.307 e. The van der Waals surface area contributed by atoms with Crippen LogP contribution in [0.5, 0.6) is 0 Å². The van der Waals surface area contributed by atoms with Crippen molar-refractivity contribution in [3.63, 3.8) is 0 Å². The number of nitrogens with zero attached hydrogens (tertiary/aromatic N) is 3. The van der Waals surface area contributed by atoms with Crippen LogP contribution >= 0.6 is 22.9 Å². The van der Waals surface area contributed by atoms with Gasteiger partial charge in [0.2, 0.25) is 0 Å². The van der Waals surface area contributed by atoms with Crippen molar-refractivity contribution in [3.05, 3.63) is 87.6 Å². The quantitative estimate of drug-likeness (QED) is 0.291. The highest BCUT2D eigenvalue weighted by atomic mass is 35.5. The molecule has 0 aliphatic heterocycles. The maximum atomic E-state index is 13.1. The molecule has 0 saturated carbocycles. The second-order valence-electron chi connectivity index (χ2n) is 9.59. The van der Waals surface area contributed by atoms with Crippen molar-refractivity contribution < 1.29 is 15.0 Å². The molecule has 0 amide bonds. The summed E-state index contributed by atoms with van der Waals surface area (Å²) in [5.41, 5.74) is 3.21. The highest BCUT2D eigenvalue weighted by Gasteiger charge is 2.20. The SMILES string of the molecule is CC(C)(C)O.Cc1cc2nc(-n3ccc4ccncc4c3=O)sc2c(-c2ccc(Cl)cc2)c1CC(=O)O. The Morgan fingerprint density at radius 2 is 1.81 bits per heavy atom. The average Bonchev–Trinajstić information content (AvgIpc) is 3.22. The first-order valence-corrected chi connectivity index (χ1v) is 12.7. The monoisotopic (exact) mass is 535 g/mol. The van der Waals surface area contributed by atoms with Gasteiger partial charge in [0.25, 0.3) is 5.56 Å². The van der Waals surface area contributed by atoms with Gasteiger partial charge in [-0.05, 0) is 80.1 Å². The molecule has 5 rings (SSSR count). The van der Waals surface area contributed by atoms with Gasteiger partial charge >= 0.3 is 5.97 Å². The second kappa shape index (κ2) is 10.4. The van der Waals surface area contributed by atoms with Crippen LogP contribution in [-0.2, 0) is 11.2 Å². The van der Waals surface area contributed by atoms with Gasteiger partial charge in [0.05, 0.1) is 27.6 Å². The molecule has 190 valence electrons. The van der Waals surface area contributed by atoms with Gasteiger partial charge in [-0.2, -0.15) is 0 Å². The lowest BCUT2D eigenvalue weighted by molar-refractivity contribution is -0.136. The number of aryl methyl sites for hydroxylation is 1. The molecule has 0 spiro atoms. The first kappa shape index (κ1) is 26.5. The van der Waals surface area contributed by atoms with E-state index in [2.05, 4.69) is 4.98 Å². The number of hydrogen-bond acceptors (Lipinski definition) is 6. The normalized spacial score (nSPS) is 11.4. The largest absolute Gasteiger partial charge is 0.481 e. The molecule has 37 heavy (non-hydrogen) atoms. The standard InChI is InChI=1S/C24H16ClN3O3S.C4H10O/c1-13-10-19-22(21(17(13)11-20(29)30)15-2-4-16(25)5-3-15)32-24(27-19)28-9-7-14-6-8-26-12-18(14)23(28)31;1-4(2,3)5/h2-10,12H,11H2,1H3,(H,29,30);5H,1-3H3. The van der Waals surface area contributed by atoms with Crippen LogP contribution in [0.3, 0.4) is 0 Å². The third-order valence-corrected chi connectivity index (χ3v) is 6.71. The molecule has 0 aliphatic carbocycles. The van der Waals surface area contributed by atoms with E-state index in [1.165, 1.54) is 15.9 Å². The van der Waals surface area contributed by atoms with E-state index in [4.69, 9.17) is 21.7 Å². The second-order valence-corrected chi connectivity index (χ2v) is 11.0. The van der Waals surface area contributed by atoms with Crippen LogP contribution < -0.4 is 5.56 Å². The number of aliphatic hydroxyl groups is 1. The number of hydrogen-bond donors (Lipinski definition) is 2. The van der Waals surface area contributed by atoms with Crippen LogP contribution in [0, 0.1) is 6.92 Å². The van der Waals surface area contributed by atoms with Gasteiger partial charge in [-0.25, -0.2) is 4.98 Å². The van der Waals surface area contributed by atoms with Crippen LogP contribution in [0.1, 0.15) is 31.9 Å². The van der Waals surface area contributed by atoms with Gasteiger partial charge in [-0.3, -0.25) is 19.1 Å². The van der Waals surface area contributed by atoms with E-state index < -0.39 is 11.6 Å². The molecule has 2 aromatic carbocycles. The van der Waals surface area contributed by atoms with Crippen molar-refractivity contribution in [3.8, 4) is 16.3 Å². The van der Waals surface area contributed by atoms with E-state index in [-0.39, 0.29) is 12.0 Å². The minimum absolute atomic E-state index is 0.117. The number of carbonyl (C=O) groups is 1. The molecular weight excluding hydrogens is 510 g/mol. The van der Waals surface area contributed by atoms with Gasteiger partial charge in [-0.1, -0.05) is 35.1 Å². The average molecular weight is 536 g/mol. The van der Waals surface area contributed by atoms with Crippen molar-refractivity contribution in [2.75, 3.05) is 0 Å². The summed E-state index contributed by atoms with van der Waals surface area (Å²) in [6.45, 7) is 7.11. The molecule has 0 radical (unpaired) electrons. The third kappa shape index (κ3) is 6.05. The van der Waals surface area contributed by atoms with Crippen molar-refractivity contribution >= 4 is 49.9 Å². The number of rotatable bonds is 4. The summed E-state index contributed by atoms with van der Waals surface area (Å²) in [6.07, 6.45) is 4.79.